The van der Waals surface area contributed by atoms with E-state index < -0.39 is 0 Å². The number of H-pyrrole nitrogens is 1. The number of methoxy groups -OCH3 is 1. The molecular weight excluding hydrogens is 188 g/mol. The molecule has 0 saturated carbocycles. The molecule has 0 radical (unpaired) electrons. The minimum Gasteiger partial charge on any atom is -0.496 e. The van der Waals surface area contributed by atoms with Gasteiger partial charge in [0.1, 0.15) is 5.75 Å². The molecule has 3 nitrogen and oxygen atoms in total. The molecule has 0 amide bonds. The Labute approximate surface area is 89.2 Å². The molecular formula is C12H16N2O. The van der Waals surface area contributed by atoms with Crippen molar-refractivity contribution in [1.29, 1.82) is 0 Å². The minimum absolute atomic E-state index is 0.670. The molecule has 2 aromatic rings. The van der Waals surface area contributed by atoms with Gasteiger partial charge in [0.05, 0.1) is 7.11 Å². The number of aromatic amines is 1. The van der Waals surface area contributed by atoms with Crippen LogP contribution in [0.25, 0.3) is 10.9 Å². The lowest BCUT2D eigenvalue weighted by Gasteiger charge is -2.05. The van der Waals surface area contributed by atoms with Crippen molar-refractivity contribution in [3.8, 4) is 5.75 Å². The van der Waals surface area contributed by atoms with Crippen molar-refractivity contribution < 1.29 is 4.74 Å². The highest BCUT2D eigenvalue weighted by Gasteiger charge is 2.06. The van der Waals surface area contributed by atoms with E-state index in [2.05, 4.69) is 17.1 Å². The molecule has 2 rings (SSSR count). The summed E-state index contributed by atoms with van der Waals surface area (Å²) in [7, 11) is 1.70. The lowest BCUT2D eigenvalue weighted by atomic mass is 10.1. The van der Waals surface area contributed by atoms with Crippen molar-refractivity contribution in [2.75, 3.05) is 13.7 Å². The van der Waals surface area contributed by atoms with Crippen LogP contribution in [0.2, 0.25) is 0 Å². The van der Waals surface area contributed by atoms with E-state index in [0.717, 1.165) is 23.3 Å². The summed E-state index contributed by atoms with van der Waals surface area (Å²) in [5.41, 5.74) is 9.12. The van der Waals surface area contributed by atoms with E-state index in [1.807, 2.05) is 13.1 Å². The van der Waals surface area contributed by atoms with Crippen LogP contribution in [0.5, 0.6) is 5.75 Å². The summed E-state index contributed by atoms with van der Waals surface area (Å²) in [4.78, 5) is 3.25. The Kier molecular flexibility index (Phi) is 2.64. The third-order valence-electron chi connectivity index (χ3n) is 2.70. The zero-order valence-electron chi connectivity index (χ0n) is 9.13. The fraction of sp³-hybridized carbons (Fsp3) is 0.333. The highest BCUT2D eigenvalue weighted by atomic mass is 16.5. The van der Waals surface area contributed by atoms with Crippen LogP contribution in [0.3, 0.4) is 0 Å². The molecule has 0 bridgehead atoms. The maximum absolute atomic E-state index is 5.57. The molecule has 3 N–H and O–H groups in total. The van der Waals surface area contributed by atoms with Crippen LogP contribution in [0.1, 0.15) is 11.1 Å². The maximum atomic E-state index is 5.57. The smallest absolute Gasteiger partial charge is 0.122 e. The van der Waals surface area contributed by atoms with Gasteiger partial charge in [0, 0.05) is 17.1 Å². The molecule has 1 heterocycles. The monoisotopic (exact) mass is 204 g/mol. The van der Waals surface area contributed by atoms with Gasteiger partial charge < -0.3 is 15.5 Å². The fourth-order valence-electron chi connectivity index (χ4n) is 1.90. The number of hydrogen-bond donors (Lipinski definition) is 2. The average Bonchev–Trinajstić information content (AvgIpc) is 2.60. The number of nitrogens with one attached hydrogen (secondary N) is 1. The van der Waals surface area contributed by atoms with Crippen molar-refractivity contribution in [1.82, 2.24) is 4.98 Å². The molecule has 0 saturated heterocycles. The van der Waals surface area contributed by atoms with Crippen LogP contribution in [-0.4, -0.2) is 18.6 Å². The van der Waals surface area contributed by atoms with Crippen LogP contribution in [0.4, 0.5) is 0 Å². The quantitative estimate of drug-likeness (QED) is 0.803. The Morgan fingerprint density at radius 1 is 1.40 bits per heavy atom. The number of benzene rings is 1. The Hall–Kier alpha value is -1.48. The second kappa shape index (κ2) is 3.95. The van der Waals surface area contributed by atoms with Gasteiger partial charge in [-0.3, -0.25) is 0 Å². The molecule has 15 heavy (non-hydrogen) atoms. The second-order valence-corrected chi connectivity index (χ2v) is 3.72. The van der Waals surface area contributed by atoms with Crippen molar-refractivity contribution in [2.24, 2.45) is 5.73 Å². The number of aryl methyl sites for hydroxylation is 1. The van der Waals surface area contributed by atoms with Crippen LogP contribution >= 0.6 is 0 Å². The first-order valence-corrected chi connectivity index (χ1v) is 5.11. The summed E-state index contributed by atoms with van der Waals surface area (Å²) in [5, 5.41) is 1.21. The predicted octanol–water partition coefficient (Wildman–Crippen LogP) is 1.99. The zero-order valence-corrected chi connectivity index (χ0v) is 9.13. The maximum Gasteiger partial charge on any atom is 0.122 e. The summed E-state index contributed by atoms with van der Waals surface area (Å²) >= 11 is 0. The van der Waals surface area contributed by atoms with Crippen molar-refractivity contribution in [3.05, 3.63) is 29.5 Å². The van der Waals surface area contributed by atoms with E-state index in [4.69, 9.17) is 10.5 Å². The molecule has 0 aliphatic rings. The first kappa shape index (κ1) is 10.1. The van der Waals surface area contributed by atoms with Gasteiger partial charge in [-0.2, -0.15) is 0 Å². The molecule has 0 fully saturated rings. The van der Waals surface area contributed by atoms with Gasteiger partial charge in [-0.1, -0.05) is 0 Å². The lowest BCUT2D eigenvalue weighted by Crippen LogP contribution is -2.01. The van der Waals surface area contributed by atoms with Crippen LogP contribution < -0.4 is 10.5 Å². The van der Waals surface area contributed by atoms with Crippen molar-refractivity contribution in [2.45, 2.75) is 13.3 Å². The summed E-state index contributed by atoms with van der Waals surface area (Å²) in [6.07, 6.45) is 2.92. The van der Waals surface area contributed by atoms with Crippen LogP contribution in [0, 0.1) is 6.92 Å². The standard InChI is InChI=1S/C12H16N2O/c1-8-5-11-10(6-12(8)15-2)9(3-4-13)7-14-11/h5-7,14H,3-4,13H2,1-2H3. The van der Waals surface area contributed by atoms with Gasteiger partial charge in [-0.25, -0.2) is 0 Å². The Bertz CT molecular complexity index is 474. The number of hydrogen-bond acceptors (Lipinski definition) is 2. The molecule has 1 aromatic heterocycles. The third kappa shape index (κ3) is 1.70. The molecule has 80 valence electrons. The van der Waals surface area contributed by atoms with E-state index in [9.17, 15) is 0 Å². The van der Waals surface area contributed by atoms with E-state index in [1.165, 1.54) is 10.9 Å². The highest BCUT2D eigenvalue weighted by Crippen LogP contribution is 2.27. The largest absolute Gasteiger partial charge is 0.496 e. The van der Waals surface area contributed by atoms with Gasteiger partial charge >= 0.3 is 0 Å². The summed E-state index contributed by atoms with van der Waals surface area (Å²) in [5.74, 6) is 0.931. The number of fused-ring (bicyclic) bond motifs is 1. The topological polar surface area (TPSA) is 51.0 Å². The number of nitrogens with two attached hydrogens (primary N) is 1. The predicted molar refractivity (Wildman–Crippen MR) is 62.3 cm³/mol. The SMILES string of the molecule is COc1cc2c(CCN)c[nH]c2cc1C. The number of aromatic nitrogens is 1. The summed E-state index contributed by atoms with van der Waals surface area (Å²) < 4.78 is 5.31. The highest BCUT2D eigenvalue weighted by molar-refractivity contribution is 5.85. The number of ether oxygens (including phenoxy) is 1. The van der Waals surface area contributed by atoms with Gasteiger partial charge in [0.2, 0.25) is 0 Å². The van der Waals surface area contributed by atoms with Gasteiger partial charge in [-0.05, 0) is 43.1 Å². The van der Waals surface area contributed by atoms with Crippen molar-refractivity contribution in [3.63, 3.8) is 0 Å². The van der Waals surface area contributed by atoms with E-state index >= 15 is 0 Å². The third-order valence-corrected chi connectivity index (χ3v) is 2.70. The normalized spacial score (nSPS) is 10.9. The molecule has 0 atom stereocenters. The molecule has 0 unspecified atom stereocenters. The minimum atomic E-state index is 0.670. The Morgan fingerprint density at radius 3 is 2.87 bits per heavy atom. The van der Waals surface area contributed by atoms with Gasteiger partial charge in [-0.15, -0.1) is 0 Å². The van der Waals surface area contributed by atoms with E-state index in [1.54, 1.807) is 7.11 Å². The average molecular weight is 204 g/mol. The second-order valence-electron chi connectivity index (χ2n) is 3.72. The van der Waals surface area contributed by atoms with E-state index in [0.29, 0.717) is 6.54 Å². The molecule has 0 aliphatic heterocycles. The van der Waals surface area contributed by atoms with Crippen molar-refractivity contribution >= 4 is 10.9 Å². The van der Waals surface area contributed by atoms with Crippen LogP contribution in [0.15, 0.2) is 18.3 Å². The molecule has 0 aliphatic carbocycles. The summed E-state index contributed by atoms with van der Waals surface area (Å²) in [6, 6.07) is 4.18. The Balaban J connectivity index is 2.58. The molecule has 1 aromatic carbocycles. The van der Waals surface area contributed by atoms with Crippen LogP contribution in [-0.2, 0) is 6.42 Å². The first-order valence-electron chi connectivity index (χ1n) is 5.11. The fourth-order valence-corrected chi connectivity index (χ4v) is 1.90. The summed E-state index contributed by atoms with van der Waals surface area (Å²) in [6.45, 7) is 2.71. The first-order chi connectivity index (χ1) is 7.26. The molecule has 0 spiro atoms. The molecule has 3 heteroatoms. The van der Waals surface area contributed by atoms with Gasteiger partial charge in [0.25, 0.3) is 0 Å². The van der Waals surface area contributed by atoms with Gasteiger partial charge in [0.15, 0.2) is 0 Å². The van der Waals surface area contributed by atoms with E-state index in [-0.39, 0.29) is 0 Å². The zero-order chi connectivity index (χ0) is 10.8. The lowest BCUT2D eigenvalue weighted by molar-refractivity contribution is 0.412. The number of rotatable bonds is 3. The Morgan fingerprint density at radius 2 is 2.20 bits per heavy atom.